The first kappa shape index (κ1) is 10.6. The molecule has 0 spiro atoms. The Morgan fingerprint density at radius 1 is 1.47 bits per heavy atom. The monoisotopic (exact) mass is 232 g/mol. The molecule has 17 heavy (non-hydrogen) atoms. The van der Waals surface area contributed by atoms with Gasteiger partial charge in [-0.1, -0.05) is 0 Å². The van der Waals surface area contributed by atoms with Gasteiger partial charge in [0.25, 0.3) is 0 Å². The standard InChI is InChI=1S/C13H16N2O2/c1-9-6-10(8-16-9)12-7-15-13(17-12)4-5-14-11-2-3-11/h6-8,11,14H,2-5H2,1H3. The number of rotatable bonds is 5. The lowest BCUT2D eigenvalue weighted by atomic mass is 10.3. The van der Waals surface area contributed by atoms with Crippen molar-refractivity contribution in [2.45, 2.75) is 32.2 Å². The van der Waals surface area contributed by atoms with E-state index in [4.69, 9.17) is 8.83 Å². The van der Waals surface area contributed by atoms with Gasteiger partial charge in [-0.2, -0.15) is 0 Å². The molecule has 0 aromatic carbocycles. The number of hydrogen-bond acceptors (Lipinski definition) is 4. The number of aromatic nitrogens is 1. The molecule has 0 aliphatic heterocycles. The number of nitrogens with one attached hydrogen (secondary N) is 1. The number of oxazole rings is 1. The molecular formula is C13H16N2O2. The minimum atomic E-state index is 0.737. The minimum Gasteiger partial charge on any atom is -0.469 e. The lowest BCUT2D eigenvalue weighted by Gasteiger charge is -1.98. The van der Waals surface area contributed by atoms with Crippen LogP contribution in [0.25, 0.3) is 11.3 Å². The number of aryl methyl sites for hydroxylation is 1. The van der Waals surface area contributed by atoms with Crippen LogP contribution in [0.5, 0.6) is 0 Å². The highest BCUT2D eigenvalue weighted by atomic mass is 16.4. The summed E-state index contributed by atoms with van der Waals surface area (Å²) in [5, 5.41) is 3.44. The van der Waals surface area contributed by atoms with Crippen LogP contribution in [-0.2, 0) is 6.42 Å². The second-order valence-corrected chi connectivity index (χ2v) is 4.54. The lowest BCUT2D eigenvalue weighted by molar-refractivity contribution is 0.492. The van der Waals surface area contributed by atoms with E-state index in [1.165, 1.54) is 12.8 Å². The van der Waals surface area contributed by atoms with E-state index in [1.54, 1.807) is 12.5 Å². The summed E-state index contributed by atoms with van der Waals surface area (Å²) in [5.41, 5.74) is 0.955. The van der Waals surface area contributed by atoms with Gasteiger partial charge in [0.05, 0.1) is 11.8 Å². The van der Waals surface area contributed by atoms with Gasteiger partial charge in [0, 0.05) is 19.0 Å². The maximum Gasteiger partial charge on any atom is 0.196 e. The maximum absolute atomic E-state index is 5.67. The Balaban J connectivity index is 1.61. The van der Waals surface area contributed by atoms with Crippen molar-refractivity contribution in [3.05, 3.63) is 30.2 Å². The Bertz CT molecular complexity index is 497. The third-order valence-electron chi connectivity index (χ3n) is 2.92. The van der Waals surface area contributed by atoms with Crippen LogP contribution < -0.4 is 5.32 Å². The molecular weight excluding hydrogens is 216 g/mol. The predicted octanol–water partition coefficient (Wildman–Crippen LogP) is 2.54. The SMILES string of the molecule is Cc1cc(-c2cnc(CCNC3CC3)o2)co1. The van der Waals surface area contributed by atoms with Crippen molar-refractivity contribution < 1.29 is 8.83 Å². The van der Waals surface area contributed by atoms with Crippen LogP contribution in [0.4, 0.5) is 0 Å². The van der Waals surface area contributed by atoms with Crippen molar-refractivity contribution in [2.24, 2.45) is 0 Å². The van der Waals surface area contributed by atoms with Crippen LogP contribution >= 0.6 is 0 Å². The quantitative estimate of drug-likeness (QED) is 0.860. The first-order valence-electron chi connectivity index (χ1n) is 6.05. The zero-order valence-electron chi connectivity index (χ0n) is 9.90. The molecule has 2 heterocycles. The summed E-state index contributed by atoms with van der Waals surface area (Å²) in [6.07, 6.45) is 6.92. The molecule has 1 saturated carbocycles. The summed E-state index contributed by atoms with van der Waals surface area (Å²) >= 11 is 0. The largest absolute Gasteiger partial charge is 0.469 e. The van der Waals surface area contributed by atoms with Gasteiger partial charge < -0.3 is 14.2 Å². The smallest absolute Gasteiger partial charge is 0.196 e. The Morgan fingerprint density at radius 2 is 2.35 bits per heavy atom. The first-order chi connectivity index (χ1) is 8.31. The van der Waals surface area contributed by atoms with Crippen LogP contribution in [0.1, 0.15) is 24.5 Å². The third kappa shape index (κ3) is 2.58. The molecule has 90 valence electrons. The highest BCUT2D eigenvalue weighted by molar-refractivity contribution is 5.55. The molecule has 4 nitrogen and oxygen atoms in total. The zero-order chi connectivity index (χ0) is 11.7. The van der Waals surface area contributed by atoms with Crippen molar-refractivity contribution >= 4 is 0 Å². The van der Waals surface area contributed by atoms with Gasteiger partial charge in [-0.25, -0.2) is 4.98 Å². The van der Waals surface area contributed by atoms with Crippen LogP contribution in [0.2, 0.25) is 0 Å². The van der Waals surface area contributed by atoms with Gasteiger partial charge in [0.2, 0.25) is 0 Å². The Kier molecular flexibility index (Phi) is 2.73. The van der Waals surface area contributed by atoms with Gasteiger partial charge in [0.15, 0.2) is 11.7 Å². The molecule has 0 unspecified atom stereocenters. The molecule has 1 aliphatic carbocycles. The van der Waals surface area contributed by atoms with Crippen molar-refractivity contribution in [1.82, 2.24) is 10.3 Å². The zero-order valence-corrected chi connectivity index (χ0v) is 9.90. The predicted molar refractivity (Wildman–Crippen MR) is 63.7 cm³/mol. The van der Waals surface area contributed by atoms with Crippen LogP contribution in [-0.4, -0.2) is 17.6 Å². The molecule has 2 aromatic rings. The number of furan rings is 1. The van der Waals surface area contributed by atoms with Crippen LogP contribution in [0.3, 0.4) is 0 Å². The van der Waals surface area contributed by atoms with Gasteiger partial charge in [0.1, 0.15) is 12.0 Å². The van der Waals surface area contributed by atoms with Crippen molar-refractivity contribution in [3.63, 3.8) is 0 Å². The Hall–Kier alpha value is -1.55. The van der Waals surface area contributed by atoms with Gasteiger partial charge in [-0.15, -0.1) is 0 Å². The second kappa shape index (κ2) is 4.37. The Morgan fingerprint density at radius 3 is 3.06 bits per heavy atom. The highest BCUT2D eigenvalue weighted by Crippen LogP contribution is 2.23. The van der Waals surface area contributed by atoms with Gasteiger partial charge in [-0.05, 0) is 25.8 Å². The molecule has 1 N–H and O–H groups in total. The van der Waals surface area contributed by atoms with E-state index >= 15 is 0 Å². The molecule has 0 atom stereocenters. The fourth-order valence-electron chi connectivity index (χ4n) is 1.80. The van der Waals surface area contributed by atoms with E-state index in [0.717, 1.165) is 42.0 Å². The van der Waals surface area contributed by atoms with E-state index in [0.29, 0.717) is 0 Å². The molecule has 4 heteroatoms. The van der Waals surface area contributed by atoms with Crippen molar-refractivity contribution in [3.8, 4) is 11.3 Å². The molecule has 0 radical (unpaired) electrons. The molecule has 0 amide bonds. The van der Waals surface area contributed by atoms with E-state index in [2.05, 4.69) is 10.3 Å². The minimum absolute atomic E-state index is 0.737. The molecule has 1 fully saturated rings. The second-order valence-electron chi connectivity index (χ2n) is 4.54. The van der Waals surface area contributed by atoms with E-state index < -0.39 is 0 Å². The summed E-state index contributed by atoms with van der Waals surface area (Å²) in [6, 6.07) is 2.69. The molecule has 2 aromatic heterocycles. The van der Waals surface area contributed by atoms with Gasteiger partial charge in [-0.3, -0.25) is 0 Å². The maximum atomic E-state index is 5.67. The number of hydrogen-bond donors (Lipinski definition) is 1. The summed E-state index contributed by atoms with van der Waals surface area (Å²) in [6.45, 7) is 2.86. The van der Waals surface area contributed by atoms with E-state index in [1.807, 2.05) is 13.0 Å². The van der Waals surface area contributed by atoms with Crippen molar-refractivity contribution in [2.75, 3.05) is 6.54 Å². The van der Waals surface area contributed by atoms with Crippen molar-refractivity contribution in [1.29, 1.82) is 0 Å². The first-order valence-corrected chi connectivity index (χ1v) is 6.05. The molecule has 1 aliphatic rings. The highest BCUT2D eigenvalue weighted by Gasteiger charge is 2.20. The summed E-state index contributed by atoms with van der Waals surface area (Å²) in [7, 11) is 0. The fraction of sp³-hybridized carbons (Fsp3) is 0.462. The fourth-order valence-corrected chi connectivity index (χ4v) is 1.80. The van der Waals surface area contributed by atoms with Gasteiger partial charge >= 0.3 is 0 Å². The normalized spacial score (nSPS) is 15.4. The summed E-state index contributed by atoms with van der Waals surface area (Å²) in [5.74, 6) is 2.45. The molecule has 3 rings (SSSR count). The molecule has 0 saturated heterocycles. The van der Waals surface area contributed by atoms with E-state index in [-0.39, 0.29) is 0 Å². The topological polar surface area (TPSA) is 51.2 Å². The van der Waals surface area contributed by atoms with Crippen LogP contribution in [0, 0.1) is 6.92 Å². The summed E-state index contributed by atoms with van der Waals surface area (Å²) < 4.78 is 10.9. The van der Waals surface area contributed by atoms with Crippen LogP contribution in [0.15, 0.2) is 27.4 Å². The molecule has 0 bridgehead atoms. The Labute approximate surface area is 100 Å². The number of nitrogens with zero attached hydrogens (tertiary/aromatic N) is 1. The lowest BCUT2D eigenvalue weighted by Crippen LogP contribution is -2.19. The average molecular weight is 232 g/mol. The van der Waals surface area contributed by atoms with E-state index in [9.17, 15) is 0 Å². The average Bonchev–Trinajstić information content (AvgIpc) is 2.85. The summed E-state index contributed by atoms with van der Waals surface area (Å²) in [4.78, 5) is 4.27. The third-order valence-corrected chi connectivity index (χ3v) is 2.92.